The van der Waals surface area contributed by atoms with E-state index in [9.17, 15) is 9.59 Å². The Morgan fingerprint density at radius 2 is 1.83 bits per heavy atom. The van der Waals surface area contributed by atoms with Gasteiger partial charge in [-0.05, 0) is 36.4 Å². The van der Waals surface area contributed by atoms with E-state index in [0.29, 0.717) is 22.3 Å². The van der Waals surface area contributed by atoms with Crippen LogP contribution in [0.15, 0.2) is 60.7 Å². The molecule has 8 nitrogen and oxygen atoms in total. The first-order chi connectivity index (χ1) is 14.0. The van der Waals surface area contributed by atoms with E-state index < -0.39 is 11.8 Å². The first kappa shape index (κ1) is 17.9. The summed E-state index contributed by atoms with van der Waals surface area (Å²) in [5.41, 5.74) is 8.56. The van der Waals surface area contributed by atoms with Crippen LogP contribution in [0.5, 0.6) is 0 Å². The predicted octanol–water partition coefficient (Wildman–Crippen LogP) is 2.85. The Morgan fingerprint density at radius 3 is 2.62 bits per heavy atom. The summed E-state index contributed by atoms with van der Waals surface area (Å²) in [6.07, 6.45) is 0. The molecule has 29 heavy (non-hydrogen) atoms. The maximum atomic E-state index is 12.6. The lowest BCUT2D eigenvalue weighted by atomic mass is 10.1. The maximum absolute atomic E-state index is 12.6. The first-order valence-corrected chi connectivity index (χ1v) is 8.62. The molecule has 0 spiro atoms. The number of hydrogen-bond acceptors (Lipinski definition) is 5. The smallest absolute Gasteiger partial charge is 0.276 e. The molecule has 0 aliphatic carbocycles. The van der Waals surface area contributed by atoms with E-state index in [2.05, 4.69) is 26.3 Å². The summed E-state index contributed by atoms with van der Waals surface area (Å²) in [6.45, 7) is 0. The van der Waals surface area contributed by atoms with Crippen LogP contribution in [0, 0.1) is 11.3 Å². The molecule has 0 atom stereocenters. The van der Waals surface area contributed by atoms with Crippen LogP contribution in [0.4, 0.5) is 5.95 Å². The Morgan fingerprint density at radius 1 is 1.03 bits per heavy atom. The number of hydrogen-bond donors (Lipinski definition) is 3. The molecule has 0 aliphatic rings. The fourth-order valence-corrected chi connectivity index (χ4v) is 2.93. The van der Waals surface area contributed by atoms with Crippen molar-refractivity contribution in [3.05, 3.63) is 77.5 Å². The maximum Gasteiger partial charge on any atom is 0.276 e. The minimum atomic E-state index is -0.603. The molecule has 0 radical (unpaired) electrons. The zero-order valence-corrected chi connectivity index (χ0v) is 15.0. The Hall–Kier alpha value is -4.51. The normalized spacial score (nSPS) is 10.4. The third-order valence-electron chi connectivity index (χ3n) is 4.28. The van der Waals surface area contributed by atoms with Gasteiger partial charge in [0, 0.05) is 5.56 Å². The number of aromatic nitrogens is 3. The molecule has 0 bridgehead atoms. The number of nitrogens with one attached hydrogen (secondary N) is 2. The van der Waals surface area contributed by atoms with Crippen LogP contribution >= 0.6 is 0 Å². The monoisotopic (exact) mass is 382 g/mol. The molecule has 0 aliphatic heterocycles. The van der Waals surface area contributed by atoms with Gasteiger partial charge < -0.3 is 10.7 Å². The van der Waals surface area contributed by atoms with Gasteiger partial charge in [0.2, 0.25) is 5.95 Å². The third kappa shape index (κ3) is 3.52. The number of nitriles is 1. The highest BCUT2D eigenvalue weighted by molar-refractivity contribution is 6.06. The number of imidazole rings is 1. The zero-order chi connectivity index (χ0) is 20.4. The fraction of sp³-hybridized carbons (Fsp3) is 0. The number of anilines is 1. The van der Waals surface area contributed by atoms with Gasteiger partial charge in [0.1, 0.15) is 11.2 Å². The molecule has 4 rings (SSSR count). The average molecular weight is 382 g/mol. The second kappa shape index (κ2) is 7.25. The molecule has 2 heterocycles. The zero-order valence-electron chi connectivity index (χ0n) is 15.0. The van der Waals surface area contributed by atoms with Gasteiger partial charge in [-0.2, -0.15) is 5.26 Å². The number of aromatic amines is 1. The van der Waals surface area contributed by atoms with Crippen LogP contribution < -0.4 is 11.1 Å². The number of H-pyrrole nitrogens is 1. The number of pyridine rings is 1. The van der Waals surface area contributed by atoms with Crippen molar-refractivity contribution in [3.63, 3.8) is 0 Å². The first-order valence-electron chi connectivity index (χ1n) is 8.62. The predicted molar refractivity (Wildman–Crippen MR) is 107 cm³/mol. The third-order valence-corrected chi connectivity index (χ3v) is 4.28. The summed E-state index contributed by atoms with van der Waals surface area (Å²) in [6, 6.07) is 19.1. The van der Waals surface area contributed by atoms with Gasteiger partial charge in [0.25, 0.3) is 11.8 Å². The highest BCUT2D eigenvalue weighted by Gasteiger charge is 2.15. The fourth-order valence-electron chi connectivity index (χ4n) is 2.93. The van der Waals surface area contributed by atoms with Gasteiger partial charge in [0.05, 0.1) is 28.4 Å². The van der Waals surface area contributed by atoms with Crippen LogP contribution in [-0.2, 0) is 0 Å². The van der Waals surface area contributed by atoms with Crippen molar-refractivity contribution < 1.29 is 9.59 Å². The number of carbonyl (C=O) groups is 2. The number of nitrogens with zero attached hydrogens (tertiary/aromatic N) is 3. The number of nitrogens with two attached hydrogens (primary N) is 1. The summed E-state index contributed by atoms with van der Waals surface area (Å²) in [5.74, 6) is -0.894. The van der Waals surface area contributed by atoms with E-state index in [-0.39, 0.29) is 17.2 Å². The highest BCUT2D eigenvalue weighted by Crippen LogP contribution is 2.20. The Labute approximate surface area is 165 Å². The highest BCUT2D eigenvalue weighted by atomic mass is 16.2. The van der Waals surface area contributed by atoms with Crippen LogP contribution in [0.2, 0.25) is 0 Å². The summed E-state index contributed by atoms with van der Waals surface area (Å²) < 4.78 is 0. The van der Waals surface area contributed by atoms with E-state index >= 15 is 0 Å². The van der Waals surface area contributed by atoms with Crippen molar-refractivity contribution in [2.75, 3.05) is 5.32 Å². The molecule has 140 valence electrons. The quantitative estimate of drug-likeness (QED) is 0.498. The second-order valence-electron chi connectivity index (χ2n) is 6.21. The number of para-hydroxylation sites is 1. The van der Waals surface area contributed by atoms with Crippen LogP contribution in [0.3, 0.4) is 0 Å². The molecule has 2 amide bonds. The summed E-state index contributed by atoms with van der Waals surface area (Å²) in [5, 5.41) is 11.7. The van der Waals surface area contributed by atoms with Gasteiger partial charge in [-0.25, -0.2) is 9.97 Å². The van der Waals surface area contributed by atoms with Crippen molar-refractivity contribution in [1.82, 2.24) is 15.0 Å². The molecule has 4 N–H and O–H groups in total. The SMILES string of the molecule is N#Cc1cccc(-c2cccc(C(=O)Nc3nc4c(C(N)=O)cccc4[nH]3)n2)c1. The van der Waals surface area contributed by atoms with E-state index in [1.54, 1.807) is 54.6 Å². The number of carbonyl (C=O) groups excluding carboxylic acids is 2. The average Bonchev–Trinajstić information content (AvgIpc) is 3.16. The molecular formula is C21H14N6O2. The van der Waals surface area contributed by atoms with Crippen LogP contribution in [0.25, 0.3) is 22.3 Å². The lowest BCUT2D eigenvalue weighted by Gasteiger charge is -2.05. The number of primary amides is 1. The van der Waals surface area contributed by atoms with Crippen molar-refractivity contribution in [2.24, 2.45) is 5.73 Å². The number of rotatable bonds is 4. The standard InChI is InChI=1S/C21H14N6O2/c22-11-12-4-1-5-13(10-12)15-7-3-9-17(24-15)20(29)27-21-25-16-8-2-6-14(19(23)28)18(16)26-21/h1-10H,(H2,23,28)(H2,25,26,27,29). The van der Waals surface area contributed by atoms with E-state index in [4.69, 9.17) is 11.0 Å². The van der Waals surface area contributed by atoms with Crippen molar-refractivity contribution >= 4 is 28.8 Å². The Balaban J connectivity index is 1.62. The molecular weight excluding hydrogens is 368 g/mol. The van der Waals surface area contributed by atoms with E-state index in [1.807, 2.05) is 6.07 Å². The largest absolute Gasteiger partial charge is 0.366 e. The van der Waals surface area contributed by atoms with Gasteiger partial charge in [0.15, 0.2) is 0 Å². The molecule has 2 aromatic carbocycles. The molecule has 0 fully saturated rings. The molecule has 0 unspecified atom stereocenters. The van der Waals surface area contributed by atoms with Crippen molar-refractivity contribution in [3.8, 4) is 17.3 Å². The van der Waals surface area contributed by atoms with E-state index in [0.717, 1.165) is 5.56 Å². The number of amides is 2. The molecule has 0 saturated carbocycles. The molecule has 2 aromatic heterocycles. The summed E-state index contributed by atoms with van der Waals surface area (Å²) in [4.78, 5) is 35.7. The van der Waals surface area contributed by atoms with Gasteiger partial charge in [-0.3, -0.25) is 14.9 Å². The van der Waals surface area contributed by atoms with Crippen LogP contribution in [-0.4, -0.2) is 26.8 Å². The summed E-state index contributed by atoms with van der Waals surface area (Å²) in [7, 11) is 0. The van der Waals surface area contributed by atoms with Crippen LogP contribution in [0.1, 0.15) is 26.4 Å². The Kier molecular flexibility index (Phi) is 4.47. The molecule has 0 saturated heterocycles. The topological polar surface area (TPSA) is 138 Å². The minimum Gasteiger partial charge on any atom is -0.366 e. The summed E-state index contributed by atoms with van der Waals surface area (Å²) >= 11 is 0. The molecule has 4 aromatic rings. The molecule has 8 heteroatoms. The van der Waals surface area contributed by atoms with E-state index in [1.165, 1.54) is 0 Å². The lowest BCUT2D eigenvalue weighted by molar-refractivity contribution is 0.0998. The lowest BCUT2D eigenvalue weighted by Crippen LogP contribution is -2.15. The van der Waals surface area contributed by atoms with Crippen molar-refractivity contribution in [2.45, 2.75) is 0 Å². The second-order valence-corrected chi connectivity index (χ2v) is 6.21. The van der Waals surface area contributed by atoms with Crippen molar-refractivity contribution in [1.29, 1.82) is 5.26 Å². The Bertz CT molecular complexity index is 1300. The minimum absolute atomic E-state index is 0.178. The van der Waals surface area contributed by atoms with Gasteiger partial charge in [-0.15, -0.1) is 0 Å². The van der Waals surface area contributed by atoms with Gasteiger partial charge >= 0.3 is 0 Å². The van der Waals surface area contributed by atoms with Gasteiger partial charge in [-0.1, -0.05) is 24.3 Å². The number of fused-ring (bicyclic) bond motifs is 1. The number of benzene rings is 2.